The molecule has 0 aliphatic carbocycles. The molecule has 0 rings (SSSR count). The molecule has 0 unspecified atom stereocenters. The maximum Gasteiger partial charge on any atom is 0.146 e. The van der Waals surface area contributed by atoms with Crippen molar-refractivity contribution in [2.24, 2.45) is 0 Å². The Morgan fingerprint density at radius 3 is 2.33 bits per heavy atom. The Kier molecular flexibility index (Phi) is 12.1. The number of methoxy groups -OCH3 is 2. The molecule has 0 saturated carbocycles. The van der Waals surface area contributed by atoms with Crippen LogP contribution in [0.4, 0.5) is 0 Å². The quantitative estimate of drug-likeness (QED) is 0.306. The minimum atomic E-state index is -1.04. The summed E-state index contributed by atoms with van der Waals surface area (Å²) in [7, 11) is 3.04. The first-order valence-electron chi connectivity index (χ1n) is 5.76. The molecule has 0 spiro atoms. The van der Waals surface area contributed by atoms with E-state index in [1.54, 1.807) is 7.11 Å². The van der Waals surface area contributed by atoms with Gasteiger partial charge < -0.3 is 29.2 Å². The molecule has 0 aromatic rings. The van der Waals surface area contributed by atoms with Gasteiger partial charge in [0.25, 0.3) is 0 Å². The summed E-state index contributed by atoms with van der Waals surface area (Å²) < 4.78 is 19.9. The molecule has 0 aromatic carbocycles. The number of aliphatic hydroxyl groups excluding tert-OH is 2. The third-order valence-electron chi connectivity index (χ3n) is 2.31. The molecule has 0 aliphatic heterocycles. The lowest BCUT2D eigenvalue weighted by Crippen LogP contribution is -2.40. The zero-order valence-corrected chi connectivity index (χ0v) is 11.6. The monoisotopic (exact) mass is 286 g/mol. The molecular weight excluding hydrogens is 264 g/mol. The highest BCUT2D eigenvalue weighted by atomic mass is 35.5. The van der Waals surface area contributed by atoms with E-state index in [1.165, 1.54) is 7.11 Å². The average Bonchev–Trinajstić information content (AvgIpc) is 2.40. The van der Waals surface area contributed by atoms with Gasteiger partial charge >= 0.3 is 0 Å². The van der Waals surface area contributed by atoms with Crippen LogP contribution in [0.1, 0.15) is 12.8 Å². The van der Waals surface area contributed by atoms with Gasteiger partial charge in [0.1, 0.15) is 19.7 Å². The Bertz CT molecular complexity index is 183. The van der Waals surface area contributed by atoms with Crippen LogP contribution in [0.15, 0.2) is 0 Å². The molecule has 0 heterocycles. The molecule has 3 atom stereocenters. The Labute approximate surface area is 113 Å². The first-order valence-corrected chi connectivity index (χ1v) is 6.30. The SMILES string of the molecule is COCOCCC[C@H](OCOC)[C@H](O)[C@@H](O)CCl. The van der Waals surface area contributed by atoms with Crippen LogP contribution < -0.4 is 0 Å². The van der Waals surface area contributed by atoms with Gasteiger partial charge in [-0.1, -0.05) is 0 Å². The van der Waals surface area contributed by atoms with E-state index < -0.39 is 18.3 Å². The van der Waals surface area contributed by atoms with Gasteiger partial charge in [-0.3, -0.25) is 0 Å². The fraction of sp³-hybridized carbons (Fsp3) is 1.00. The van der Waals surface area contributed by atoms with Crippen molar-refractivity contribution in [3.63, 3.8) is 0 Å². The van der Waals surface area contributed by atoms with Gasteiger partial charge in [0.05, 0.1) is 18.1 Å². The summed E-state index contributed by atoms with van der Waals surface area (Å²) in [6, 6.07) is 0. The molecule has 0 bridgehead atoms. The van der Waals surface area contributed by atoms with Crippen LogP contribution in [-0.2, 0) is 18.9 Å². The third-order valence-corrected chi connectivity index (χ3v) is 2.63. The highest BCUT2D eigenvalue weighted by Gasteiger charge is 2.26. The molecule has 0 aromatic heterocycles. The van der Waals surface area contributed by atoms with Crippen LogP contribution >= 0.6 is 11.6 Å². The van der Waals surface area contributed by atoms with E-state index in [0.717, 1.165) is 0 Å². The lowest BCUT2D eigenvalue weighted by atomic mass is 10.0. The smallest absolute Gasteiger partial charge is 0.146 e. The third kappa shape index (κ3) is 8.20. The largest absolute Gasteiger partial charge is 0.389 e. The van der Waals surface area contributed by atoms with Crippen molar-refractivity contribution in [2.75, 3.05) is 40.3 Å². The molecular formula is C11H23ClO6. The fourth-order valence-electron chi connectivity index (χ4n) is 1.38. The summed E-state index contributed by atoms with van der Waals surface area (Å²) in [5.41, 5.74) is 0. The first-order chi connectivity index (χ1) is 8.67. The van der Waals surface area contributed by atoms with E-state index in [2.05, 4.69) is 0 Å². The number of alkyl halides is 1. The minimum absolute atomic E-state index is 0.0474. The second-order valence-corrected chi connectivity index (χ2v) is 4.09. The summed E-state index contributed by atoms with van der Waals surface area (Å²) >= 11 is 5.49. The molecule has 6 nitrogen and oxygen atoms in total. The highest BCUT2D eigenvalue weighted by molar-refractivity contribution is 6.18. The number of aliphatic hydroxyl groups is 2. The van der Waals surface area contributed by atoms with E-state index in [4.69, 9.17) is 30.5 Å². The van der Waals surface area contributed by atoms with Crippen LogP contribution in [0.3, 0.4) is 0 Å². The van der Waals surface area contributed by atoms with Gasteiger partial charge in [0.15, 0.2) is 0 Å². The van der Waals surface area contributed by atoms with E-state index in [0.29, 0.717) is 19.4 Å². The number of rotatable bonds is 12. The summed E-state index contributed by atoms with van der Waals surface area (Å²) in [5, 5.41) is 19.3. The Morgan fingerprint density at radius 1 is 1.11 bits per heavy atom. The molecule has 7 heteroatoms. The second kappa shape index (κ2) is 12.1. The van der Waals surface area contributed by atoms with Crippen molar-refractivity contribution in [3.8, 4) is 0 Å². The molecule has 110 valence electrons. The fourth-order valence-corrected chi connectivity index (χ4v) is 1.56. The van der Waals surface area contributed by atoms with Crippen LogP contribution in [-0.4, -0.2) is 68.8 Å². The van der Waals surface area contributed by atoms with E-state index in [-0.39, 0.29) is 19.5 Å². The molecule has 0 aliphatic rings. The number of ether oxygens (including phenoxy) is 4. The minimum Gasteiger partial charge on any atom is -0.389 e. The Hall–Kier alpha value is 0.0500. The molecule has 0 radical (unpaired) electrons. The predicted octanol–water partition coefficient (Wildman–Crippen LogP) is 0.337. The summed E-state index contributed by atoms with van der Waals surface area (Å²) in [4.78, 5) is 0. The maximum atomic E-state index is 9.83. The molecule has 0 fully saturated rings. The van der Waals surface area contributed by atoms with Gasteiger partial charge in [-0.25, -0.2) is 0 Å². The normalized spacial score (nSPS) is 16.5. The van der Waals surface area contributed by atoms with E-state index >= 15 is 0 Å². The van der Waals surface area contributed by atoms with Gasteiger partial charge in [-0.05, 0) is 12.8 Å². The van der Waals surface area contributed by atoms with Gasteiger partial charge in [-0.15, -0.1) is 11.6 Å². The van der Waals surface area contributed by atoms with Crippen LogP contribution in [0.25, 0.3) is 0 Å². The molecule has 2 N–H and O–H groups in total. The molecule has 0 saturated heterocycles. The van der Waals surface area contributed by atoms with Crippen LogP contribution in [0, 0.1) is 0 Å². The highest BCUT2D eigenvalue weighted by Crippen LogP contribution is 2.12. The Morgan fingerprint density at radius 2 is 1.78 bits per heavy atom. The predicted molar refractivity (Wildman–Crippen MR) is 66.5 cm³/mol. The van der Waals surface area contributed by atoms with E-state index in [1.807, 2.05) is 0 Å². The zero-order chi connectivity index (χ0) is 13.8. The Balaban J connectivity index is 3.97. The average molecular weight is 287 g/mol. The second-order valence-electron chi connectivity index (χ2n) is 3.78. The number of hydrogen-bond donors (Lipinski definition) is 2. The lowest BCUT2D eigenvalue weighted by Gasteiger charge is -2.25. The summed E-state index contributed by atoms with van der Waals surface area (Å²) in [6.45, 7) is 0.774. The van der Waals surface area contributed by atoms with Crippen molar-refractivity contribution >= 4 is 11.6 Å². The van der Waals surface area contributed by atoms with Gasteiger partial charge in [0.2, 0.25) is 0 Å². The first kappa shape index (κ1) is 18.0. The van der Waals surface area contributed by atoms with Gasteiger partial charge in [0, 0.05) is 20.8 Å². The van der Waals surface area contributed by atoms with Crippen molar-refractivity contribution in [1.82, 2.24) is 0 Å². The zero-order valence-electron chi connectivity index (χ0n) is 10.9. The maximum absolute atomic E-state index is 9.83. The summed E-state index contributed by atoms with van der Waals surface area (Å²) in [5.74, 6) is -0.0474. The van der Waals surface area contributed by atoms with Crippen LogP contribution in [0.5, 0.6) is 0 Å². The van der Waals surface area contributed by atoms with Crippen molar-refractivity contribution in [3.05, 3.63) is 0 Å². The van der Waals surface area contributed by atoms with Crippen molar-refractivity contribution < 1.29 is 29.2 Å². The lowest BCUT2D eigenvalue weighted by molar-refractivity contribution is -0.138. The molecule has 18 heavy (non-hydrogen) atoms. The van der Waals surface area contributed by atoms with E-state index in [9.17, 15) is 10.2 Å². The molecule has 0 amide bonds. The number of halogens is 1. The number of hydrogen-bond acceptors (Lipinski definition) is 6. The standard InChI is InChI=1S/C11H23ClO6/c1-15-7-17-5-3-4-10(18-8-16-2)11(14)9(13)6-12/h9-11,13-14H,3-8H2,1-2H3/t9-,10-,11+/m0/s1. The topological polar surface area (TPSA) is 77.4 Å². The van der Waals surface area contributed by atoms with Crippen molar-refractivity contribution in [1.29, 1.82) is 0 Å². The van der Waals surface area contributed by atoms with Crippen molar-refractivity contribution in [2.45, 2.75) is 31.2 Å². The van der Waals surface area contributed by atoms with Crippen LogP contribution in [0.2, 0.25) is 0 Å². The van der Waals surface area contributed by atoms with Gasteiger partial charge in [-0.2, -0.15) is 0 Å². The summed E-state index contributed by atoms with van der Waals surface area (Å²) in [6.07, 6.45) is -1.40.